The number of carbonyl (C=O) groups excluding carboxylic acids is 2. The first-order valence-corrected chi connectivity index (χ1v) is 9.02. The third-order valence-corrected chi connectivity index (χ3v) is 4.46. The average Bonchev–Trinajstić information content (AvgIpc) is 3.08. The van der Waals surface area contributed by atoms with Crippen LogP contribution in [0.5, 0.6) is 5.75 Å². The highest BCUT2D eigenvalue weighted by Gasteiger charge is 2.17. The number of rotatable bonds is 8. The highest BCUT2D eigenvalue weighted by atomic mass is 35.5. The van der Waals surface area contributed by atoms with Gasteiger partial charge in [0.15, 0.2) is 0 Å². The molecule has 1 atom stereocenters. The molecule has 2 amide bonds. The van der Waals surface area contributed by atoms with Gasteiger partial charge >= 0.3 is 0 Å². The van der Waals surface area contributed by atoms with Gasteiger partial charge in [0.05, 0.1) is 7.11 Å². The Morgan fingerprint density at radius 1 is 1.28 bits per heavy atom. The van der Waals surface area contributed by atoms with Gasteiger partial charge in [0, 0.05) is 17.9 Å². The summed E-state index contributed by atoms with van der Waals surface area (Å²) in [6.07, 6.45) is 0.866. The van der Waals surface area contributed by atoms with E-state index in [-0.39, 0.29) is 11.8 Å². The van der Waals surface area contributed by atoms with E-state index in [1.165, 1.54) is 11.3 Å². The lowest BCUT2D eigenvalue weighted by molar-refractivity contribution is -0.126. The number of aromatic nitrogens is 2. The topological polar surface area (TPSA) is 93.2 Å². The summed E-state index contributed by atoms with van der Waals surface area (Å²) in [4.78, 5) is 23.7. The number of hydrogen-bond donors (Lipinski definition) is 2. The third-order valence-electron chi connectivity index (χ3n) is 3.30. The van der Waals surface area contributed by atoms with Crippen LogP contribution in [0.2, 0.25) is 0 Å². The molecule has 0 aliphatic heterocycles. The van der Waals surface area contributed by atoms with Gasteiger partial charge in [-0.3, -0.25) is 14.9 Å². The first kappa shape index (κ1) is 19.1. The highest BCUT2D eigenvalue weighted by Crippen LogP contribution is 2.27. The van der Waals surface area contributed by atoms with Gasteiger partial charge in [-0.15, -0.1) is 21.8 Å². The molecule has 0 fully saturated rings. The first-order valence-electron chi connectivity index (χ1n) is 7.67. The molecule has 1 aromatic carbocycles. The summed E-state index contributed by atoms with van der Waals surface area (Å²) < 4.78 is 5.11. The van der Waals surface area contributed by atoms with E-state index in [9.17, 15) is 9.59 Å². The molecule has 2 aromatic rings. The normalized spacial score (nSPS) is 11.6. The maximum absolute atomic E-state index is 12.1. The Labute approximate surface area is 154 Å². The molecule has 1 aromatic heterocycles. The number of hydrogen-bond acceptors (Lipinski definition) is 6. The quantitative estimate of drug-likeness (QED) is 0.684. The summed E-state index contributed by atoms with van der Waals surface area (Å²) in [5.74, 6) is 0.601. The zero-order chi connectivity index (χ0) is 18.2. The van der Waals surface area contributed by atoms with Gasteiger partial charge in [-0.25, -0.2) is 0 Å². The van der Waals surface area contributed by atoms with Crippen LogP contribution in [0.4, 0.5) is 5.13 Å². The number of alkyl halides is 1. The van der Waals surface area contributed by atoms with Crippen LogP contribution in [0.1, 0.15) is 19.8 Å². The van der Waals surface area contributed by atoms with Crippen molar-refractivity contribution in [1.82, 2.24) is 15.5 Å². The lowest BCUT2D eigenvalue weighted by atomic mass is 10.2. The summed E-state index contributed by atoms with van der Waals surface area (Å²) in [6, 6.07) is 6.71. The summed E-state index contributed by atoms with van der Waals surface area (Å²) in [5, 5.41) is 14.4. The SMILES string of the molecule is COc1ccc(-c2nnc(NC(=O)C(C)NC(=O)CCCCl)s2)cc1. The fourth-order valence-corrected chi connectivity index (χ4v) is 2.83. The van der Waals surface area contributed by atoms with Crippen molar-refractivity contribution in [3.63, 3.8) is 0 Å². The molecular formula is C16H19ClN4O3S. The Morgan fingerprint density at radius 3 is 2.64 bits per heavy atom. The van der Waals surface area contributed by atoms with Crippen molar-refractivity contribution in [2.45, 2.75) is 25.8 Å². The van der Waals surface area contributed by atoms with Gasteiger partial charge < -0.3 is 10.1 Å². The molecule has 0 bridgehead atoms. The van der Waals surface area contributed by atoms with Crippen molar-refractivity contribution in [3.05, 3.63) is 24.3 Å². The van der Waals surface area contributed by atoms with Crippen LogP contribution in [0.15, 0.2) is 24.3 Å². The predicted octanol–water partition coefficient (Wildman–Crippen LogP) is 2.68. The van der Waals surface area contributed by atoms with Gasteiger partial charge in [-0.05, 0) is 37.6 Å². The maximum Gasteiger partial charge on any atom is 0.248 e. The van der Waals surface area contributed by atoms with Gasteiger partial charge in [-0.1, -0.05) is 11.3 Å². The molecule has 1 heterocycles. The molecule has 25 heavy (non-hydrogen) atoms. The first-order chi connectivity index (χ1) is 12.0. The lowest BCUT2D eigenvalue weighted by Crippen LogP contribution is -2.41. The molecule has 0 aliphatic carbocycles. The van der Waals surface area contributed by atoms with Crippen LogP contribution < -0.4 is 15.4 Å². The Morgan fingerprint density at radius 2 is 2.00 bits per heavy atom. The Balaban J connectivity index is 1.93. The molecule has 134 valence electrons. The van der Waals surface area contributed by atoms with Crippen LogP contribution >= 0.6 is 22.9 Å². The lowest BCUT2D eigenvalue weighted by Gasteiger charge is -2.12. The van der Waals surface area contributed by atoms with Gasteiger partial charge in [-0.2, -0.15) is 0 Å². The summed E-state index contributed by atoms with van der Waals surface area (Å²) in [6.45, 7) is 1.61. The monoisotopic (exact) mass is 382 g/mol. The van der Waals surface area contributed by atoms with E-state index in [1.54, 1.807) is 14.0 Å². The molecule has 0 saturated heterocycles. The molecule has 1 unspecified atom stereocenters. The average molecular weight is 383 g/mol. The van der Waals surface area contributed by atoms with Crippen molar-refractivity contribution in [1.29, 1.82) is 0 Å². The number of carbonyl (C=O) groups is 2. The maximum atomic E-state index is 12.1. The minimum Gasteiger partial charge on any atom is -0.497 e. The molecule has 0 aliphatic rings. The second-order valence-corrected chi connectivity index (χ2v) is 6.57. The Kier molecular flexibility index (Phi) is 7.15. The van der Waals surface area contributed by atoms with E-state index >= 15 is 0 Å². The molecular weight excluding hydrogens is 364 g/mol. The second-order valence-electron chi connectivity index (χ2n) is 5.21. The van der Waals surface area contributed by atoms with Crippen LogP contribution in [0, 0.1) is 0 Å². The zero-order valence-electron chi connectivity index (χ0n) is 13.9. The number of methoxy groups -OCH3 is 1. The van der Waals surface area contributed by atoms with Crippen molar-refractivity contribution < 1.29 is 14.3 Å². The number of nitrogens with zero attached hydrogens (tertiary/aromatic N) is 2. The molecule has 0 radical (unpaired) electrons. The number of benzene rings is 1. The van der Waals surface area contributed by atoms with Crippen molar-refractivity contribution >= 4 is 39.9 Å². The van der Waals surface area contributed by atoms with E-state index in [4.69, 9.17) is 16.3 Å². The number of ether oxygens (including phenoxy) is 1. The van der Waals surface area contributed by atoms with Gasteiger partial charge in [0.1, 0.15) is 16.8 Å². The summed E-state index contributed by atoms with van der Waals surface area (Å²) >= 11 is 6.79. The third kappa shape index (κ3) is 5.68. The smallest absolute Gasteiger partial charge is 0.248 e. The minimum atomic E-state index is -0.670. The fraction of sp³-hybridized carbons (Fsp3) is 0.375. The minimum absolute atomic E-state index is 0.209. The van der Waals surface area contributed by atoms with Crippen LogP contribution in [0.25, 0.3) is 10.6 Å². The van der Waals surface area contributed by atoms with Crippen molar-refractivity contribution in [2.75, 3.05) is 18.3 Å². The number of anilines is 1. The molecule has 2 rings (SSSR count). The van der Waals surface area contributed by atoms with E-state index in [1.807, 2.05) is 24.3 Å². The molecule has 0 saturated carbocycles. The Bertz CT molecular complexity index is 720. The fourth-order valence-electron chi connectivity index (χ4n) is 1.94. The van der Waals surface area contributed by atoms with E-state index < -0.39 is 6.04 Å². The largest absolute Gasteiger partial charge is 0.497 e. The number of nitrogens with one attached hydrogen (secondary N) is 2. The molecule has 2 N–H and O–H groups in total. The number of amides is 2. The highest BCUT2D eigenvalue weighted by molar-refractivity contribution is 7.18. The number of halogens is 1. The van der Waals surface area contributed by atoms with Crippen LogP contribution in [-0.4, -0.2) is 41.0 Å². The predicted molar refractivity (Wildman–Crippen MR) is 98.1 cm³/mol. The van der Waals surface area contributed by atoms with Crippen LogP contribution in [-0.2, 0) is 9.59 Å². The van der Waals surface area contributed by atoms with Crippen molar-refractivity contribution in [3.8, 4) is 16.3 Å². The van der Waals surface area contributed by atoms with E-state index in [0.29, 0.717) is 28.9 Å². The zero-order valence-corrected chi connectivity index (χ0v) is 15.5. The van der Waals surface area contributed by atoms with Gasteiger partial charge in [0.2, 0.25) is 16.9 Å². The Hall–Kier alpha value is -2.19. The van der Waals surface area contributed by atoms with E-state index in [2.05, 4.69) is 20.8 Å². The molecule has 9 heteroatoms. The second kappa shape index (κ2) is 9.33. The standard InChI is InChI=1S/C16H19ClN4O3S/c1-10(18-13(22)4-3-9-17)14(23)19-16-21-20-15(25-16)11-5-7-12(24-2)8-6-11/h5-8,10H,3-4,9H2,1-2H3,(H,18,22)(H,19,21,23). The molecule has 0 spiro atoms. The summed E-state index contributed by atoms with van der Waals surface area (Å²) in [5.41, 5.74) is 0.876. The van der Waals surface area contributed by atoms with Gasteiger partial charge in [0.25, 0.3) is 0 Å². The summed E-state index contributed by atoms with van der Waals surface area (Å²) in [7, 11) is 1.60. The van der Waals surface area contributed by atoms with E-state index in [0.717, 1.165) is 11.3 Å². The van der Waals surface area contributed by atoms with Crippen LogP contribution in [0.3, 0.4) is 0 Å². The van der Waals surface area contributed by atoms with Crippen molar-refractivity contribution in [2.24, 2.45) is 0 Å². The molecule has 7 nitrogen and oxygen atoms in total.